The van der Waals surface area contributed by atoms with Crippen molar-refractivity contribution in [3.63, 3.8) is 0 Å². The fourth-order valence-electron chi connectivity index (χ4n) is 1.97. The number of benzene rings is 1. The van der Waals surface area contributed by atoms with Crippen LogP contribution in [-0.4, -0.2) is 11.7 Å². The smallest absolute Gasteiger partial charge is 0.150 e. The van der Waals surface area contributed by atoms with Crippen molar-refractivity contribution in [2.45, 2.75) is 13.8 Å². The SMILES string of the molecule is COc1cc(C)n(-c2ccc(F)cc2F)c1C. The van der Waals surface area contributed by atoms with E-state index >= 15 is 0 Å². The van der Waals surface area contributed by atoms with E-state index in [9.17, 15) is 8.78 Å². The molecule has 0 radical (unpaired) electrons. The molecule has 0 spiro atoms. The van der Waals surface area contributed by atoms with Gasteiger partial charge in [0.05, 0.1) is 18.5 Å². The van der Waals surface area contributed by atoms with Crippen LogP contribution in [0.25, 0.3) is 5.69 Å². The van der Waals surface area contributed by atoms with Gasteiger partial charge in [-0.1, -0.05) is 0 Å². The minimum atomic E-state index is -0.588. The Hall–Kier alpha value is -1.84. The topological polar surface area (TPSA) is 14.2 Å². The molecule has 4 heteroatoms. The first-order valence-corrected chi connectivity index (χ1v) is 5.23. The van der Waals surface area contributed by atoms with Crippen LogP contribution in [-0.2, 0) is 0 Å². The average molecular weight is 237 g/mol. The molecule has 0 saturated heterocycles. The van der Waals surface area contributed by atoms with Gasteiger partial charge in [0.25, 0.3) is 0 Å². The maximum Gasteiger partial charge on any atom is 0.150 e. The van der Waals surface area contributed by atoms with Gasteiger partial charge in [0, 0.05) is 17.8 Å². The molecule has 0 amide bonds. The number of ether oxygens (including phenoxy) is 1. The molecule has 2 aromatic rings. The summed E-state index contributed by atoms with van der Waals surface area (Å²) < 4.78 is 33.4. The van der Waals surface area contributed by atoms with E-state index in [1.807, 2.05) is 19.9 Å². The second-order valence-electron chi connectivity index (χ2n) is 3.87. The third kappa shape index (κ3) is 1.90. The van der Waals surface area contributed by atoms with Gasteiger partial charge in [-0.3, -0.25) is 0 Å². The molecule has 0 aliphatic heterocycles. The van der Waals surface area contributed by atoms with Gasteiger partial charge in [-0.2, -0.15) is 0 Å². The Bertz CT molecular complexity index is 561. The van der Waals surface area contributed by atoms with Crippen LogP contribution >= 0.6 is 0 Å². The first-order chi connectivity index (χ1) is 8.04. The van der Waals surface area contributed by atoms with E-state index in [2.05, 4.69) is 0 Å². The second kappa shape index (κ2) is 4.20. The molecule has 0 aliphatic carbocycles. The summed E-state index contributed by atoms with van der Waals surface area (Å²) in [5, 5.41) is 0. The highest BCUT2D eigenvalue weighted by molar-refractivity contribution is 5.44. The minimum absolute atomic E-state index is 0.324. The van der Waals surface area contributed by atoms with Gasteiger partial charge in [0.1, 0.15) is 17.4 Å². The normalized spacial score (nSPS) is 10.6. The molecule has 1 aromatic carbocycles. The van der Waals surface area contributed by atoms with Crippen LogP contribution in [0.4, 0.5) is 8.78 Å². The van der Waals surface area contributed by atoms with Crippen LogP contribution in [0.5, 0.6) is 5.75 Å². The predicted octanol–water partition coefficient (Wildman–Crippen LogP) is 3.38. The van der Waals surface area contributed by atoms with Gasteiger partial charge in [-0.15, -0.1) is 0 Å². The van der Waals surface area contributed by atoms with Crippen LogP contribution in [0.1, 0.15) is 11.4 Å². The Balaban J connectivity index is 2.64. The molecular formula is C13H13F2NO. The van der Waals surface area contributed by atoms with E-state index in [4.69, 9.17) is 4.74 Å². The van der Waals surface area contributed by atoms with E-state index < -0.39 is 11.6 Å². The van der Waals surface area contributed by atoms with Crippen LogP contribution in [0.2, 0.25) is 0 Å². The summed E-state index contributed by atoms with van der Waals surface area (Å²) in [6.45, 7) is 3.67. The summed E-state index contributed by atoms with van der Waals surface area (Å²) in [7, 11) is 1.56. The molecule has 90 valence electrons. The number of aryl methyl sites for hydroxylation is 1. The van der Waals surface area contributed by atoms with Crippen molar-refractivity contribution in [2.24, 2.45) is 0 Å². The lowest BCUT2D eigenvalue weighted by Gasteiger charge is -2.10. The van der Waals surface area contributed by atoms with Crippen molar-refractivity contribution in [2.75, 3.05) is 7.11 Å². The maximum atomic E-state index is 13.7. The Morgan fingerprint density at radius 1 is 1.12 bits per heavy atom. The van der Waals surface area contributed by atoms with Crippen LogP contribution in [0.3, 0.4) is 0 Å². The molecule has 2 rings (SSSR count). The molecule has 0 unspecified atom stereocenters. The number of hydrogen-bond acceptors (Lipinski definition) is 1. The molecule has 0 N–H and O–H groups in total. The predicted molar refractivity (Wildman–Crippen MR) is 61.7 cm³/mol. The molecule has 1 aromatic heterocycles. The second-order valence-corrected chi connectivity index (χ2v) is 3.87. The Kier molecular flexibility index (Phi) is 2.88. The van der Waals surface area contributed by atoms with Crippen molar-refractivity contribution in [1.29, 1.82) is 0 Å². The highest BCUT2D eigenvalue weighted by Crippen LogP contribution is 2.27. The third-order valence-electron chi connectivity index (χ3n) is 2.76. The summed E-state index contributed by atoms with van der Waals surface area (Å²) in [6, 6.07) is 5.35. The maximum absolute atomic E-state index is 13.7. The third-order valence-corrected chi connectivity index (χ3v) is 2.76. The van der Waals surface area contributed by atoms with Crippen LogP contribution < -0.4 is 4.74 Å². The molecule has 0 bridgehead atoms. The number of halogens is 2. The standard InChI is InChI=1S/C13H13F2NO/c1-8-6-13(17-3)9(2)16(8)12-5-4-10(14)7-11(12)15/h4-7H,1-3H3. The van der Waals surface area contributed by atoms with E-state index in [1.165, 1.54) is 12.1 Å². The fourth-order valence-corrected chi connectivity index (χ4v) is 1.97. The Labute approximate surface area is 98.4 Å². The van der Waals surface area contributed by atoms with Crippen molar-refractivity contribution < 1.29 is 13.5 Å². The lowest BCUT2D eigenvalue weighted by Crippen LogP contribution is -2.02. The molecule has 2 nitrogen and oxygen atoms in total. The largest absolute Gasteiger partial charge is 0.495 e. The molecule has 0 atom stereocenters. The van der Waals surface area contributed by atoms with Gasteiger partial charge in [-0.05, 0) is 26.0 Å². The Morgan fingerprint density at radius 3 is 2.35 bits per heavy atom. The first kappa shape index (κ1) is 11.6. The lowest BCUT2D eigenvalue weighted by molar-refractivity contribution is 0.411. The molecule has 0 aliphatic rings. The van der Waals surface area contributed by atoms with Gasteiger partial charge in [0.15, 0.2) is 0 Å². The number of hydrogen-bond donors (Lipinski definition) is 0. The van der Waals surface area contributed by atoms with Gasteiger partial charge in [0.2, 0.25) is 0 Å². The number of aromatic nitrogens is 1. The van der Waals surface area contributed by atoms with Crippen LogP contribution in [0.15, 0.2) is 24.3 Å². The quantitative estimate of drug-likeness (QED) is 0.781. The van der Waals surface area contributed by atoms with Crippen molar-refractivity contribution in [3.05, 3.63) is 47.3 Å². The van der Waals surface area contributed by atoms with Gasteiger partial charge in [-0.25, -0.2) is 8.78 Å². The van der Waals surface area contributed by atoms with Gasteiger partial charge < -0.3 is 9.30 Å². The number of nitrogens with zero attached hydrogens (tertiary/aromatic N) is 1. The van der Waals surface area contributed by atoms with Crippen LogP contribution in [0, 0.1) is 25.5 Å². The molecule has 0 saturated carbocycles. The number of methoxy groups -OCH3 is 1. The zero-order chi connectivity index (χ0) is 12.6. The molecule has 0 fully saturated rings. The summed E-state index contributed by atoms with van der Waals surface area (Å²) in [5.74, 6) is -0.485. The average Bonchev–Trinajstić information content (AvgIpc) is 2.55. The lowest BCUT2D eigenvalue weighted by atomic mass is 10.3. The van der Waals surface area contributed by atoms with E-state index in [-0.39, 0.29) is 0 Å². The zero-order valence-corrected chi connectivity index (χ0v) is 9.92. The van der Waals surface area contributed by atoms with Gasteiger partial charge >= 0.3 is 0 Å². The molecular weight excluding hydrogens is 224 g/mol. The summed E-state index contributed by atoms with van der Waals surface area (Å²) in [6.07, 6.45) is 0. The molecule has 17 heavy (non-hydrogen) atoms. The minimum Gasteiger partial charge on any atom is -0.495 e. The zero-order valence-electron chi connectivity index (χ0n) is 9.92. The highest BCUT2D eigenvalue weighted by Gasteiger charge is 2.14. The fraction of sp³-hybridized carbons (Fsp3) is 0.231. The monoisotopic (exact) mass is 237 g/mol. The van der Waals surface area contributed by atoms with E-state index in [1.54, 1.807) is 11.7 Å². The summed E-state index contributed by atoms with van der Waals surface area (Å²) in [5.41, 5.74) is 1.95. The van der Waals surface area contributed by atoms with Crippen molar-refractivity contribution in [3.8, 4) is 11.4 Å². The first-order valence-electron chi connectivity index (χ1n) is 5.23. The van der Waals surface area contributed by atoms with E-state index in [0.29, 0.717) is 11.4 Å². The van der Waals surface area contributed by atoms with Crippen molar-refractivity contribution in [1.82, 2.24) is 4.57 Å². The van der Waals surface area contributed by atoms with Crippen molar-refractivity contribution >= 4 is 0 Å². The Morgan fingerprint density at radius 2 is 1.82 bits per heavy atom. The molecule has 1 heterocycles. The highest BCUT2D eigenvalue weighted by atomic mass is 19.1. The summed E-state index contributed by atoms with van der Waals surface area (Å²) in [4.78, 5) is 0. The summed E-state index contributed by atoms with van der Waals surface area (Å²) >= 11 is 0. The van der Waals surface area contributed by atoms with E-state index in [0.717, 1.165) is 17.5 Å². The number of rotatable bonds is 2.